The number of fused-ring (bicyclic) bond motifs is 1. The molecule has 3 aromatic heterocycles. The van der Waals surface area contributed by atoms with Crippen LogP contribution in [0, 0.1) is 6.92 Å². The lowest BCUT2D eigenvalue weighted by Gasteiger charge is -2.18. The lowest BCUT2D eigenvalue weighted by Crippen LogP contribution is -2.16. The third-order valence-corrected chi connectivity index (χ3v) is 5.48. The van der Waals surface area contributed by atoms with Gasteiger partial charge in [0.05, 0.1) is 30.4 Å². The molecule has 8 nitrogen and oxygen atoms in total. The molecule has 4 rings (SSSR count). The number of carbonyl (C=O) groups excluding carboxylic acids is 1. The number of aryl methyl sites for hydroxylation is 2. The lowest BCUT2D eigenvalue weighted by atomic mass is 10.0. The van der Waals surface area contributed by atoms with Crippen LogP contribution in [0.15, 0.2) is 49.1 Å². The molecular formula is C24H24F3N7O. The van der Waals surface area contributed by atoms with Gasteiger partial charge in [-0.1, -0.05) is 6.07 Å². The van der Waals surface area contributed by atoms with Crippen LogP contribution in [0.25, 0.3) is 11.2 Å². The fourth-order valence-electron chi connectivity index (χ4n) is 3.69. The lowest BCUT2D eigenvalue weighted by molar-refractivity contribution is -0.138. The normalized spacial score (nSPS) is 12.5. The van der Waals surface area contributed by atoms with Gasteiger partial charge < -0.3 is 10.6 Å². The van der Waals surface area contributed by atoms with E-state index in [1.807, 2.05) is 39.1 Å². The van der Waals surface area contributed by atoms with Gasteiger partial charge in [-0.2, -0.15) is 18.3 Å². The van der Waals surface area contributed by atoms with E-state index in [1.165, 1.54) is 6.20 Å². The Kier molecular flexibility index (Phi) is 6.68. The van der Waals surface area contributed by atoms with Crippen molar-refractivity contribution in [1.82, 2.24) is 24.7 Å². The molecule has 0 unspecified atom stereocenters. The Balaban J connectivity index is 1.46. The number of pyridine rings is 1. The summed E-state index contributed by atoms with van der Waals surface area (Å²) in [6.45, 7) is 6.61. The van der Waals surface area contributed by atoms with Crippen LogP contribution in [-0.2, 0) is 23.9 Å². The number of nitrogens with one attached hydrogen (secondary N) is 2. The summed E-state index contributed by atoms with van der Waals surface area (Å²) in [5, 5.41) is 10.4. The van der Waals surface area contributed by atoms with Crippen molar-refractivity contribution in [3.63, 3.8) is 0 Å². The van der Waals surface area contributed by atoms with Crippen LogP contribution < -0.4 is 10.6 Å². The minimum absolute atomic E-state index is 0.167. The Bertz CT molecular complexity index is 1370. The Hall–Kier alpha value is -4.02. The average Bonchev–Trinajstić information content (AvgIpc) is 3.22. The van der Waals surface area contributed by atoms with Gasteiger partial charge in [0.25, 0.3) is 0 Å². The Morgan fingerprint density at radius 3 is 2.71 bits per heavy atom. The van der Waals surface area contributed by atoms with Crippen molar-refractivity contribution in [2.45, 2.75) is 46.0 Å². The zero-order chi connectivity index (χ0) is 25.2. The number of amides is 1. The quantitative estimate of drug-likeness (QED) is 0.387. The van der Waals surface area contributed by atoms with Crippen molar-refractivity contribution in [3.05, 3.63) is 71.3 Å². The van der Waals surface area contributed by atoms with Crippen LogP contribution in [0.1, 0.15) is 42.1 Å². The number of carbonyl (C=O) groups is 1. The molecule has 0 bridgehead atoms. The first-order valence-corrected chi connectivity index (χ1v) is 11.0. The van der Waals surface area contributed by atoms with Crippen molar-refractivity contribution in [2.75, 3.05) is 10.6 Å². The second-order valence-corrected chi connectivity index (χ2v) is 8.19. The Labute approximate surface area is 199 Å². The van der Waals surface area contributed by atoms with Crippen molar-refractivity contribution in [3.8, 4) is 0 Å². The van der Waals surface area contributed by atoms with Crippen molar-refractivity contribution in [1.29, 1.82) is 0 Å². The zero-order valence-electron chi connectivity index (χ0n) is 19.4. The van der Waals surface area contributed by atoms with E-state index in [-0.39, 0.29) is 18.0 Å². The maximum atomic E-state index is 12.9. The second kappa shape index (κ2) is 9.69. The molecule has 1 amide bonds. The van der Waals surface area contributed by atoms with Crippen molar-refractivity contribution < 1.29 is 18.0 Å². The molecule has 0 saturated carbocycles. The average molecular weight is 483 g/mol. The van der Waals surface area contributed by atoms with Crippen molar-refractivity contribution in [2.24, 2.45) is 0 Å². The van der Waals surface area contributed by atoms with Gasteiger partial charge in [0, 0.05) is 24.6 Å². The molecule has 0 radical (unpaired) electrons. The van der Waals surface area contributed by atoms with Gasteiger partial charge in [0.1, 0.15) is 11.3 Å². The smallest absolute Gasteiger partial charge is 0.362 e. The van der Waals surface area contributed by atoms with E-state index in [9.17, 15) is 18.0 Å². The van der Waals surface area contributed by atoms with E-state index < -0.39 is 17.6 Å². The summed E-state index contributed by atoms with van der Waals surface area (Å²) >= 11 is 0. The molecule has 3 heterocycles. The van der Waals surface area contributed by atoms with Gasteiger partial charge in [-0.25, -0.2) is 9.97 Å². The van der Waals surface area contributed by atoms with Gasteiger partial charge in [-0.3, -0.25) is 14.5 Å². The highest BCUT2D eigenvalue weighted by atomic mass is 19.4. The molecule has 0 fully saturated rings. The molecule has 2 N–H and O–H groups in total. The molecule has 0 aliphatic heterocycles. The molecule has 0 spiro atoms. The fourth-order valence-corrected chi connectivity index (χ4v) is 3.69. The van der Waals surface area contributed by atoms with Gasteiger partial charge in [0.2, 0.25) is 11.6 Å². The van der Waals surface area contributed by atoms with E-state index in [0.29, 0.717) is 22.7 Å². The molecule has 182 valence electrons. The summed E-state index contributed by atoms with van der Waals surface area (Å²) in [5.41, 5.74) is 3.00. The number of alkyl halides is 3. The summed E-state index contributed by atoms with van der Waals surface area (Å²) < 4.78 is 40.5. The SMILES string of the molecule is CCn1cc2ncc(N[C@@H](C)c3cc(NC(=O)Cc4cncc(C(F)(F)F)c4)ccc3C)nc2n1. The fraction of sp³-hybridized carbons (Fsp3) is 0.292. The van der Waals surface area contributed by atoms with Crippen LogP contribution in [0.5, 0.6) is 0 Å². The van der Waals surface area contributed by atoms with Crippen LogP contribution >= 0.6 is 0 Å². The zero-order valence-corrected chi connectivity index (χ0v) is 19.4. The van der Waals surface area contributed by atoms with Gasteiger partial charge in [-0.15, -0.1) is 0 Å². The molecule has 1 atom stereocenters. The van der Waals surface area contributed by atoms with E-state index in [4.69, 9.17) is 0 Å². The summed E-state index contributed by atoms with van der Waals surface area (Å²) in [4.78, 5) is 25.0. The first kappa shape index (κ1) is 24.1. The van der Waals surface area contributed by atoms with Gasteiger partial charge >= 0.3 is 6.18 Å². The van der Waals surface area contributed by atoms with E-state index >= 15 is 0 Å². The Morgan fingerprint density at radius 2 is 1.97 bits per heavy atom. The molecular weight excluding hydrogens is 459 g/mol. The maximum absolute atomic E-state index is 12.9. The van der Waals surface area contributed by atoms with E-state index in [2.05, 4.69) is 30.7 Å². The topological polar surface area (TPSA) is 97.6 Å². The second-order valence-electron chi connectivity index (χ2n) is 8.19. The van der Waals surface area contributed by atoms with E-state index in [0.717, 1.165) is 29.9 Å². The number of hydrogen-bond acceptors (Lipinski definition) is 6. The molecule has 1 aromatic carbocycles. The minimum atomic E-state index is -4.51. The monoisotopic (exact) mass is 483 g/mol. The molecule has 35 heavy (non-hydrogen) atoms. The first-order chi connectivity index (χ1) is 16.6. The van der Waals surface area contributed by atoms with Crippen molar-refractivity contribution >= 4 is 28.6 Å². The first-order valence-electron chi connectivity index (χ1n) is 11.0. The molecule has 4 aromatic rings. The number of anilines is 2. The van der Waals surface area contributed by atoms with Gasteiger partial charge in [0.15, 0.2) is 0 Å². The maximum Gasteiger partial charge on any atom is 0.417 e. The number of halogens is 3. The summed E-state index contributed by atoms with van der Waals surface area (Å²) in [6.07, 6.45) is 0.724. The van der Waals surface area contributed by atoms with E-state index in [1.54, 1.807) is 16.9 Å². The van der Waals surface area contributed by atoms with Crippen LogP contribution in [-0.4, -0.2) is 30.6 Å². The minimum Gasteiger partial charge on any atom is -0.362 e. The summed E-state index contributed by atoms with van der Waals surface area (Å²) in [6, 6.07) is 6.21. The standard InChI is InChI=1S/C24H24F3N7O/c1-4-34-13-20-23(33-34)32-21(12-29-20)30-15(3)19-9-18(6-5-14(19)2)31-22(35)8-16-7-17(11-28-10-16)24(25,26)27/h5-7,9-13,15H,4,8H2,1-3H3,(H,31,35)(H,30,32,33)/t15-/m0/s1. The largest absolute Gasteiger partial charge is 0.417 e. The third kappa shape index (κ3) is 5.73. The van der Waals surface area contributed by atoms with Crippen LogP contribution in [0.4, 0.5) is 24.7 Å². The predicted molar refractivity (Wildman–Crippen MR) is 126 cm³/mol. The highest BCUT2D eigenvalue weighted by molar-refractivity contribution is 5.92. The number of rotatable bonds is 7. The molecule has 0 aliphatic carbocycles. The number of benzene rings is 1. The van der Waals surface area contributed by atoms with Crippen LogP contribution in [0.3, 0.4) is 0 Å². The predicted octanol–water partition coefficient (Wildman–Crippen LogP) is 4.92. The van der Waals surface area contributed by atoms with Crippen LogP contribution in [0.2, 0.25) is 0 Å². The highest BCUT2D eigenvalue weighted by Gasteiger charge is 2.31. The highest BCUT2D eigenvalue weighted by Crippen LogP contribution is 2.29. The number of aromatic nitrogens is 5. The third-order valence-electron chi connectivity index (χ3n) is 5.48. The summed E-state index contributed by atoms with van der Waals surface area (Å²) in [5.74, 6) is 0.126. The molecule has 0 saturated heterocycles. The number of nitrogens with zero attached hydrogens (tertiary/aromatic N) is 5. The van der Waals surface area contributed by atoms with Gasteiger partial charge in [-0.05, 0) is 55.7 Å². The summed E-state index contributed by atoms with van der Waals surface area (Å²) in [7, 11) is 0. The number of hydrogen-bond donors (Lipinski definition) is 2. The molecule has 11 heteroatoms. The molecule has 0 aliphatic rings. The Morgan fingerprint density at radius 1 is 1.17 bits per heavy atom.